The van der Waals surface area contributed by atoms with E-state index >= 15 is 4.39 Å². The number of aromatic nitrogens is 2. The zero-order chi connectivity index (χ0) is 29.9. The van der Waals surface area contributed by atoms with Gasteiger partial charge in [-0.2, -0.15) is 0 Å². The smallest absolute Gasteiger partial charge is 0.278 e. The molecule has 9 heteroatoms. The van der Waals surface area contributed by atoms with Crippen LogP contribution in [0.15, 0.2) is 72.8 Å². The first-order chi connectivity index (χ1) is 20.7. The van der Waals surface area contributed by atoms with Crippen LogP contribution in [0, 0.1) is 11.6 Å². The molecule has 0 saturated carbocycles. The van der Waals surface area contributed by atoms with Crippen LogP contribution in [0.4, 0.5) is 8.78 Å². The molecule has 3 heterocycles. The maximum absolute atomic E-state index is 15.8. The fourth-order valence-electron chi connectivity index (χ4n) is 5.74. The van der Waals surface area contributed by atoms with Crippen molar-refractivity contribution in [1.82, 2.24) is 9.55 Å². The molecule has 43 heavy (non-hydrogen) atoms. The Morgan fingerprint density at radius 3 is 2.58 bits per heavy atom. The average Bonchev–Trinajstić information content (AvgIpc) is 3.47. The molecule has 1 unspecified atom stereocenters. The van der Waals surface area contributed by atoms with Crippen molar-refractivity contribution < 1.29 is 27.8 Å². The molecular formula is C34H27ClF2N2O4. The predicted octanol–water partition coefficient (Wildman–Crippen LogP) is 7.86. The van der Waals surface area contributed by atoms with Crippen LogP contribution in [-0.4, -0.2) is 28.0 Å². The van der Waals surface area contributed by atoms with Crippen LogP contribution in [0.25, 0.3) is 22.2 Å². The SMILES string of the molecule is CC(=O)c1ccc2nc(Cc3ccc(-c4cccc5c4OC(C)(c4ccc(Cl)cc4F)O5)c(F)c3)n(C[C@@H]3CCO3)c2c1. The number of carbonyl (C=O) groups is 1. The largest absolute Gasteiger partial charge is 0.444 e. The summed E-state index contributed by atoms with van der Waals surface area (Å²) in [4.78, 5) is 16.9. The number of benzene rings is 4. The molecule has 218 valence electrons. The highest BCUT2D eigenvalue weighted by Gasteiger charge is 2.42. The lowest BCUT2D eigenvalue weighted by atomic mass is 10.0. The summed E-state index contributed by atoms with van der Waals surface area (Å²) in [6.45, 7) is 4.48. The van der Waals surface area contributed by atoms with Crippen molar-refractivity contribution in [2.24, 2.45) is 0 Å². The minimum Gasteiger partial charge on any atom is -0.444 e. The molecule has 7 rings (SSSR count). The predicted molar refractivity (Wildman–Crippen MR) is 159 cm³/mol. The van der Waals surface area contributed by atoms with Gasteiger partial charge in [-0.05, 0) is 67.4 Å². The normalized spacial score (nSPS) is 19.0. The van der Waals surface area contributed by atoms with Crippen LogP contribution in [0.2, 0.25) is 5.02 Å². The highest BCUT2D eigenvalue weighted by molar-refractivity contribution is 6.30. The third kappa shape index (κ3) is 4.94. The Labute approximate surface area is 251 Å². The summed E-state index contributed by atoms with van der Waals surface area (Å²) in [6, 6.07) is 20.0. The van der Waals surface area contributed by atoms with Gasteiger partial charge in [0, 0.05) is 41.7 Å². The second-order valence-corrected chi connectivity index (χ2v) is 11.5. The van der Waals surface area contributed by atoms with Crippen molar-refractivity contribution >= 4 is 28.4 Å². The van der Waals surface area contributed by atoms with Gasteiger partial charge in [-0.25, -0.2) is 13.8 Å². The summed E-state index contributed by atoms with van der Waals surface area (Å²) < 4.78 is 50.6. The summed E-state index contributed by atoms with van der Waals surface area (Å²) >= 11 is 5.94. The van der Waals surface area contributed by atoms with Gasteiger partial charge < -0.3 is 18.8 Å². The van der Waals surface area contributed by atoms with Gasteiger partial charge in [0.2, 0.25) is 0 Å². The summed E-state index contributed by atoms with van der Waals surface area (Å²) in [7, 11) is 0. The summed E-state index contributed by atoms with van der Waals surface area (Å²) in [5.41, 5.74) is 3.97. The number of nitrogens with zero attached hydrogens (tertiary/aromatic N) is 2. The van der Waals surface area contributed by atoms with E-state index < -0.39 is 17.4 Å². The molecule has 2 aliphatic rings. The molecule has 5 aromatic rings. The molecular weight excluding hydrogens is 574 g/mol. The van der Waals surface area contributed by atoms with Crippen molar-refractivity contribution in [1.29, 1.82) is 0 Å². The minimum absolute atomic E-state index is 0.0193. The monoisotopic (exact) mass is 600 g/mol. The summed E-state index contributed by atoms with van der Waals surface area (Å²) in [6.07, 6.45) is 1.41. The number of hydrogen-bond acceptors (Lipinski definition) is 5. The fourth-order valence-corrected chi connectivity index (χ4v) is 5.90. The molecule has 0 amide bonds. The lowest BCUT2D eigenvalue weighted by molar-refractivity contribution is -0.0705. The molecule has 4 aromatic carbocycles. The van der Waals surface area contributed by atoms with Crippen molar-refractivity contribution in [2.75, 3.05) is 6.61 Å². The highest BCUT2D eigenvalue weighted by atomic mass is 35.5. The molecule has 0 bridgehead atoms. The van der Waals surface area contributed by atoms with E-state index in [0.717, 1.165) is 35.4 Å². The van der Waals surface area contributed by atoms with Gasteiger partial charge in [0.25, 0.3) is 5.79 Å². The third-order valence-corrected chi connectivity index (χ3v) is 8.34. The Balaban J connectivity index is 1.20. The van der Waals surface area contributed by atoms with Crippen molar-refractivity contribution in [3.05, 3.63) is 112 Å². The highest BCUT2D eigenvalue weighted by Crippen LogP contribution is 2.50. The van der Waals surface area contributed by atoms with Crippen molar-refractivity contribution in [3.63, 3.8) is 0 Å². The van der Waals surface area contributed by atoms with Gasteiger partial charge >= 0.3 is 0 Å². The lowest BCUT2D eigenvalue weighted by Crippen LogP contribution is -2.32. The number of Topliss-reactive ketones (excluding diaryl/α,β-unsaturated/α-hetero) is 1. The Hall–Kier alpha value is -4.27. The molecule has 0 N–H and O–H groups in total. The topological polar surface area (TPSA) is 62.6 Å². The second-order valence-electron chi connectivity index (χ2n) is 11.1. The van der Waals surface area contributed by atoms with Gasteiger partial charge in [0.1, 0.15) is 17.5 Å². The average molecular weight is 601 g/mol. The number of hydrogen-bond donors (Lipinski definition) is 0. The number of imidazole rings is 1. The van der Waals surface area contributed by atoms with Gasteiger partial charge in [0.05, 0.1) is 29.2 Å². The number of halogens is 3. The Morgan fingerprint density at radius 1 is 1.02 bits per heavy atom. The maximum atomic E-state index is 15.8. The molecule has 2 atom stereocenters. The second kappa shape index (κ2) is 10.5. The van der Waals surface area contributed by atoms with E-state index in [4.69, 9.17) is 30.8 Å². The zero-order valence-electron chi connectivity index (χ0n) is 23.5. The van der Waals surface area contributed by atoms with Crippen LogP contribution >= 0.6 is 11.6 Å². The van der Waals surface area contributed by atoms with Crippen LogP contribution in [0.1, 0.15) is 47.6 Å². The van der Waals surface area contributed by atoms with E-state index in [2.05, 4.69) is 4.57 Å². The first-order valence-electron chi connectivity index (χ1n) is 14.1. The lowest BCUT2D eigenvalue weighted by Gasteiger charge is -2.27. The van der Waals surface area contributed by atoms with Crippen molar-refractivity contribution in [3.8, 4) is 22.6 Å². The number of fused-ring (bicyclic) bond motifs is 2. The van der Waals surface area contributed by atoms with E-state index in [0.29, 0.717) is 41.2 Å². The van der Waals surface area contributed by atoms with Crippen LogP contribution in [0.5, 0.6) is 11.5 Å². The molecule has 0 radical (unpaired) electrons. The van der Waals surface area contributed by atoms with E-state index in [1.807, 2.05) is 18.2 Å². The van der Waals surface area contributed by atoms with E-state index in [9.17, 15) is 9.18 Å². The van der Waals surface area contributed by atoms with Gasteiger partial charge in [-0.1, -0.05) is 35.9 Å². The summed E-state index contributed by atoms with van der Waals surface area (Å²) in [5.74, 6) is -0.999. The number of para-hydroxylation sites is 1. The Kier molecular flexibility index (Phi) is 6.71. The standard InChI is InChI=1S/C34H27ClF2N2O4/c1-19(40)21-7-11-29-30(16-21)39(18-23-12-13-41-23)32(38-29)15-20-6-9-24(27(36)14-20)25-4-3-5-31-33(25)43-34(2,42-31)26-10-8-22(35)17-28(26)37/h3-11,14,16-17,23H,12-13,15,18H2,1-2H3/t23-,34?/m0/s1. The Bertz CT molecular complexity index is 1920. The Morgan fingerprint density at radius 2 is 1.86 bits per heavy atom. The van der Waals surface area contributed by atoms with Gasteiger partial charge in [-0.15, -0.1) is 0 Å². The fraction of sp³-hybridized carbons (Fsp3) is 0.235. The number of carbonyl (C=O) groups excluding carboxylic acids is 1. The van der Waals surface area contributed by atoms with Crippen molar-refractivity contribution in [2.45, 2.75) is 45.1 Å². The van der Waals surface area contributed by atoms with Gasteiger partial charge in [0.15, 0.2) is 17.3 Å². The maximum Gasteiger partial charge on any atom is 0.278 e. The van der Waals surface area contributed by atoms with E-state index in [-0.39, 0.29) is 22.5 Å². The number of ether oxygens (including phenoxy) is 3. The molecule has 1 saturated heterocycles. The number of ketones is 1. The van der Waals surface area contributed by atoms with Crippen LogP contribution < -0.4 is 9.47 Å². The van der Waals surface area contributed by atoms with Gasteiger partial charge in [-0.3, -0.25) is 4.79 Å². The van der Waals surface area contributed by atoms with Crippen LogP contribution in [0.3, 0.4) is 0 Å². The zero-order valence-corrected chi connectivity index (χ0v) is 24.3. The molecule has 1 fully saturated rings. The minimum atomic E-state index is -1.45. The number of rotatable bonds is 7. The first kappa shape index (κ1) is 27.6. The first-order valence-corrected chi connectivity index (χ1v) is 14.4. The summed E-state index contributed by atoms with van der Waals surface area (Å²) in [5, 5.41) is 0.260. The molecule has 1 aromatic heterocycles. The molecule has 0 spiro atoms. The molecule has 6 nitrogen and oxygen atoms in total. The quantitative estimate of drug-likeness (QED) is 0.178. The molecule has 0 aliphatic carbocycles. The van der Waals surface area contributed by atoms with E-state index in [1.54, 1.807) is 43.3 Å². The molecule has 2 aliphatic heterocycles. The third-order valence-electron chi connectivity index (χ3n) is 8.10. The van der Waals surface area contributed by atoms with Crippen LogP contribution in [-0.2, 0) is 23.5 Å². The van der Waals surface area contributed by atoms with E-state index in [1.165, 1.54) is 25.1 Å².